The van der Waals surface area contributed by atoms with Gasteiger partial charge in [0.15, 0.2) is 0 Å². The van der Waals surface area contributed by atoms with E-state index < -0.39 is 0 Å². The van der Waals surface area contributed by atoms with Crippen LogP contribution >= 0.6 is 0 Å². The van der Waals surface area contributed by atoms with Crippen LogP contribution in [0.3, 0.4) is 0 Å². The third-order valence-electron chi connectivity index (χ3n) is 5.05. The van der Waals surface area contributed by atoms with Crippen LogP contribution in [0.25, 0.3) is 10.8 Å². The summed E-state index contributed by atoms with van der Waals surface area (Å²) in [6.45, 7) is 5.95. The molecule has 0 aliphatic rings. The van der Waals surface area contributed by atoms with Crippen molar-refractivity contribution in [3.8, 4) is 23.3 Å². The van der Waals surface area contributed by atoms with Gasteiger partial charge in [0.1, 0.15) is 11.5 Å². The molecule has 0 spiro atoms. The summed E-state index contributed by atoms with van der Waals surface area (Å²) in [7, 11) is 0. The van der Waals surface area contributed by atoms with Gasteiger partial charge >= 0.3 is 0 Å². The molecule has 2 nitrogen and oxygen atoms in total. The Bertz CT molecular complexity index is 977. The van der Waals surface area contributed by atoms with Crippen molar-refractivity contribution < 1.29 is 9.47 Å². The van der Waals surface area contributed by atoms with Gasteiger partial charge in [0, 0.05) is 11.1 Å². The monoisotopic (exact) mass is 400 g/mol. The van der Waals surface area contributed by atoms with E-state index in [-0.39, 0.29) is 0 Å². The predicted octanol–water partition coefficient (Wildman–Crippen LogP) is 7.38. The molecule has 0 aliphatic carbocycles. The summed E-state index contributed by atoms with van der Waals surface area (Å²) in [4.78, 5) is 0. The topological polar surface area (TPSA) is 18.5 Å². The van der Waals surface area contributed by atoms with Crippen LogP contribution in [-0.2, 0) is 0 Å². The molecule has 156 valence electrons. The fourth-order valence-electron chi connectivity index (χ4n) is 3.22. The lowest BCUT2D eigenvalue weighted by Gasteiger charge is -2.07. The van der Waals surface area contributed by atoms with E-state index in [2.05, 4.69) is 62.1 Å². The zero-order valence-electron chi connectivity index (χ0n) is 18.2. The maximum absolute atomic E-state index is 5.90. The number of unbranched alkanes of at least 4 members (excludes halogenated alkanes) is 4. The molecule has 0 saturated heterocycles. The Morgan fingerprint density at radius 3 is 1.97 bits per heavy atom. The van der Waals surface area contributed by atoms with Crippen molar-refractivity contribution in [2.75, 3.05) is 13.2 Å². The Kier molecular flexibility index (Phi) is 8.66. The van der Waals surface area contributed by atoms with E-state index in [9.17, 15) is 0 Å². The quantitative estimate of drug-likeness (QED) is 0.261. The van der Waals surface area contributed by atoms with Crippen molar-refractivity contribution in [2.45, 2.75) is 52.4 Å². The fourth-order valence-corrected chi connectivity index (χ4v) is 3.22. The summed E-state index contributed by atoms with van der Waals surface area (Å²) in [5, 5.41) is 2.36. The minimum absolute atomic E-state index is 0.768. The van der Waals surface area contributed by atoms with Gasteiger partial charge in [-0.3, -0.25) is 0 Å². The summed E-state index contributed by atoms with van der Waals surface area (Å²) in [5.74, 6) is 8.37. The molecule has 0 unspecified atom stereocenters. The Balaban J connectivity index is 1.60. The minimum atomic E-state index is 0.768. The lowest BCUT2D eigenvalue weighted by molar-refractivity contribution is 0.305. The molecule has 2 heteroatoms. The van der Waals surface area contributed by atoms with Crippen molar-refractivity contribution in [1.29, 1.82) is 0 Å². The van der Waals surface area contributed by atoms with E-state index in [1.807, 2.05) is 24.3 Å². The average molecular weight is 401 g/mol. The van der Waals surface area contributed by atoms with Crippen molar-refractivity contribution in [1.82, 2.24) is 0 Å². The Hall–Kier alpha value is -2.92. The number of hydrogen-bond donors (Lipinski definition) is 0. The van der Waals surface area contributed by atoms with Gasteiger partial charge in [0.25, 0.3) is 0 Å². The third-order valence-corrected chi connectivity index (χ3v) is 5.05. The van der Waals surface area contributed by atoms with Crippen LogP contribution < -0.4 is 9.47 Å². The van der Waals surface area contributed by atoms with E-state index in [1.54, 1.807) is 0 Å². The molecule has 0 radical (unpaired) electrons. The smallest absolute Gasteiger partial charge is 0.119 e. The van der Waals surface area contributed by atoms with Crippen molar-refractivity contribution in [3.05, 3.63) is 71.8 Å². The summed E-state index contributed by atoms with van der Waals surface area (Å²) in [6.07, 6.45) is 7.10. The Labute approximate surface area is 181 Å². The second-order valence-electron chi connectivity index (χ2n) is 7.61. The van der Waals surface area contributed by atoms with Crippen LogP contribution in [0, 0.1) is 11.8 Å². The second-order valence-corrected chi connectivity index (χ2v) is 7.61. The molecule has 3 aromatic carbocycles. The molecule has 0 aliphatic heterocycles. The van der Waals surface area contributed by atoms with Gasteiger partial charge in [-0.15, -0.1) is 0 Å². The maximum atomic E-state index is 5.90. The van der Waals surface area contributed by atoms with Gasteiger partial charge < -0.3 is 9.47 Å². The molecule has 3 rings (SSSR count). The van der Waals surface area contributed by atoms with Crippen LogP contribution in [0.1, 0.15) is 63.5 Å². The zero-order chi connectivity index (χ0) is 21.0. The first-order valence-electron chi connectivity index (χ1n) is 11.2. The molecule has 0 fully saturated rings. The predicted molar refractivity (Wildman–Crippen MR) is 126 cm³/mol. The Morgan fingerprint density at radius 2 is 1.17 bits per heavy atom. The number of fused-ring (bicyclic) bond motifs is 1. The molecule has 3 aromatic rings. The summed E-state index contributed by atoms with van der Waals surface area (Å²) in [5.41, 5.74) is 2.00. The van der Waals surface area contributed by atoms with Crippen molar-refractivity contribution in [2.24, 2.45) is 0 Å². The molecule has 0 atom stereocenters. The first-order valence-corrected chi connectivity index (χ1v) is 11.2. The lowest BCUT2D eigenvalue weighted by Crippen LogP contribution is -1.97. The normalized spacial score (nSPS) is 10.5. The SMILES string of the molecule is CCCCCCOc1ccc2cc(C#Cc3ccc(OCCCC)cc3)ccc2c1. The molecule has 0 heterocycles. The fraction of sp³-hybridized carbons (Fsp3) is 0.357. The molecule has 0 bridgehead atoms. The molecular weight excluding hydrogens is 368 g/mol. The van der Waals surface area contributed by atoms with E-state index in [4.69, 9.17) is 9.47 Å². The average Bonchev–Trinajstić information content (AvgIpc) is 2.78. The van der Waals surface area contributed by atoms with Crippen molar-refractivity contribution >= 4 is 10.8 Å². The van der Waals surface area contributed by atoms with E-state index in [1.165, 1.54) is 30.0 Å². The van der Waals surface area contributed by atoms with E-state index in [0.29, 0.717) is 0 Å². The van der Waals surface area contributed by atoms with Crippen molar-refractivity contribution in [3.63, 3.8) is 0 Å². The van der Waals surface area contributed by atoms with Crippen LogP contribution in [0.4, 0.5) is 0 Å². The highest BCUT2D eigenvalue weighted by Gasteiger charge is 2.00. The number of rotatable bonds is 10. The van der Waals surface area contributed by atoms with Gasteiger partial charge in [-0.25, -0.2) is 0 Å². The van der Waals surface area contributed by atoms with E-state index >= 15 is 0 Å². The van der Waals surface area contributed by atoms with Crippen LogP contribution in [0.15, 0.2) is 60.7 Å². The first kappa shape index (κ1) is 21.8. The summed E-state index contributed by atoms with van der Waals surface area (Å²) in [6, 6.07) is 20.6. The highest BCUT2D eigenvalue weighted by atomic mass is 16.5. The number of ether oxygens (including phenoxy) is 2. The largest absolute Gasteiger partial charge is 0.494 e. The second kappa shape index (κ2) is 11.9. The van der Waals surface area contributed by atoms with E-state index in [0.717, 1.165) is 55.1 Å². The van der Waals surface area contributed by atoms with Crippen LogP contribution in [-0.4, -0.2) is 13.2 Å². The molecule has 0 N–H and O–H groups in total. The van der Waals surface area contributed by atoms with Gasteiger partial charge in [-0.2, -0.15) is 0 Å². The zero-order valence-corrected chi connectivity index (χ0v) is 18.2. The lowest BCUT2D eigenvalue weighted by atomic mass is 10.1. The van der Waals surface area contributed by atoms with Crippen LogP contribution in [0.5, 0.6) is 11.5 Å². The Morgan fingerprint density at radius 1 is 0.567 bits per heavy atom. The van der Waals surface area contributed by atoms with Gasteiger partial charge in [0.05, 0.1) is 13.2 Å². The third kappa shape index (κ3) is 6.85. The first-order chi connectivity index (χ1) is 14.8. The molecular formula is C28H32O2. The molecule has 30 heavy (non-hydrogen) atoms. The molecule has 0 amide bonds. The molecule has 0 aromatic heterocycles. The molecule has 0 saturated carbocycles. The van der Waals surface area contributed by atoms with Crippen LogP contribution in [0.2, 0.25) is 0 Å². The number of benzene rings is 3. The van der Waals surface area contributed by atoms with Gasteiger partial charge in [-0.1, -0.05) is 63.5 Å². The highest BCUT2D eigenvalue weighted by Crippen LogP contribution is 2.22. The highest BCUT2D eigenvalue weighted by molar-refractivity contribution is 5.85. The van der Waals surface area contributed by atoms with Gasteiger partial charge in [0.2, 0.25) is 0 Å². The summed E-state index contributed by atoms with van der Waals surface area (Å²) >= 11 is 0. The summed E-state index contributed by atoms with van der Waals surface area (Å²) < 4.78 is 11.6. The van der Waals surface area contributed by atoms with Gasteiger partial charge in [-0.05, 0) is 72.1 Å². The number of hydrogen-bond acceptors (Lipinski definition) is 2. The standard InChI is InChI=1S/C28H32O2/c1-3-5-7-8-20-30-28-18-15-25-21-24(11-14-26(25)22-28)10-9-23-12-16-27(17-13-23)29-19-6-4-2/h11-18,21-22H,3-8,19-20H2,1-2H3. The maximum Gasteiger partial charge on any atom is 0.119 e. The minimum Gasteiger partial charge on any atom is -0.494 e.